The minimum atomic E-state index is -0.873. The monoisotopic (exact) mass is 207 g/mol. The lowest BCUT2D eigenvalue weighted by molar-refractivity contribution is 0.235. The molecule has 4 amide bonds. The Hall–Kier alpha value is -0.820. The summed E-state index contributed by atoms with van der Waals surface area (Å²) in [6, 6.07) is -1.49. The molecule has 4 N–H and O–H groups in total. The highest BCUT2D eigenvalue weighted by Crippen LogP contribution is 2.15. The molecule has 0 bridgehead atoms. The van der Waals surface area contributed by atoms with Crippen LogP contribution in [0.3, 0.4) is 0 Å². The number of primary amides is 1. The Labute approximate surface area is 78.1 Å². The van der Waals surface area contributed by atoms with E-state index in [1.807, 2.05) is 5.32 Å². The van der Waals surface area contributed by atoms with Gasteiger partial charge in [-0.25, -0.2) is 9.59 Å². The maximum Gasteiger partial charge on any atom is 0.333 e. The van der Waals surface area contributed by atoms with Crippen molar-refractivity contribution in [3.05, 3.63) is 12.7 Å². The van der Waals surface area contributed by atoms with Crippen LogP contribution in [0.15, 0.2) is 12.7 Å². The van der Waals surface area contributed by atoms with Crippen LogP contribution in [0.4, 0.5) is 9.59 Å². The molecule has 0 aliphatic rings. The Balaban J connectivity index is 3.31. The summed E-state index contributed by atoms with van der Waals surface area (Å²) in [6.07, 6.45) is 1.70. The van der Waals surface area contributed by atoms with Gasteiger partial charge in [0.05, 0.1) is 0 Å². The normalized spacial score (nSPS) is 8.67. The van der Waals surface area contributed by atoms with Gasteiger partial charge in [-0.05, 0) is 0 Å². The van der Waals surface area contributed by atoms with Gasteiger partial charge in [-0.15, -0.1) is 6.58 Å². The van der Waals surface area contributed by atoms with Crippen LogP contribution >= 0.6 is 21.8 Å². The summed E-state index contributed by atoms with van der Waals surface area (Å²) >= 11 is 0. The summed E-state index contributed by atoms with van der Waals surface area (Å²) < 4.78 is 2.33. The van der Waals surface area contributed by atoms with E-state index in [0.717, 1.165) is 11.0 Å². The van der Waals surface area contributed by atoms with Gasteiger partial charge in [0.25, 0.3) is 0 Å². The van der Waals surface area contributed by atoms with Crippen LogP contribution < -0.4 is 15.8 Å². The number of hydrogen-bond donors (Lipinski definition) is 3. The van der Waals surface area contributed by atoms with Crippen molar-refractivity contribution in [2.75, 3.05) is 5.75 Å². The average Bonchev–Trinajstić information content (AvgIpc) is 1.97. The van der Waals surface area contributed by atoms with Crippen molar-refractivity contribution >= 4 is 33.8 Å². The van der Waals surface area contributed by atoms with Crippen molar-refractivity contribution in [1.29, 1.82) is 0 Å². The first-order valence-corrected chi connectivity index (χ1v) is 5.24. The molecule has 68 valence electrons. The van der Waals surface area contributed by atoms with Crippen LogP contribution in [0.5, 0.6) is 0 Å². The molecule has 0 radical (unpaired) electrons. The molecule has 0 aromatic rings. The molecule has 0 saturated carbocycles. The van der Waals surface area contributed by atoms with Gasteiger partial charge in [0, 0.05) is 16.7 Å². The summed E-state index contributed by atoms with van der Waals surface area (Å²) in [7, 11) is 2.49. The summed E-state index contributed by atoms with van der Waals surface area (Å²) in [5.74, 6) is 0.710. The molecule has 0 aromatic heterocycles. The average molecular weight is 207 g/mol. The molecule has 12 heavy (non-hydrogen) atoms. The van der Waals surface area contributed by atoms with Gasteiger partial charge in [-0.3, -0.25) is 10.0 Å². The molecule has 0 aliphatic heterocycles. The highest BCUT2D eigenvalue weighted by atomic mass is 33.1. The lowest BCUT2D eigenvalue weighted by Crippen LogP contribution is -2.39. The Morgan fingerprint density at radius 2 is 2.25 bits per heavy atom. The minimum absolute atomic E-state index is 0.621. The molecular weight excluding hydrogens is 198 g/mol. The lowest BCUT2D eigenvalue weighted by atomic mass is 10.8. The number of hydrogen-bond acceptors (Lipinski definition) is 4. The third-order valence-corrected chi connectivity index (χ3v) is 2.39. The number of nitrogens with one attached hydrogen (secondary N) is 2. The van der Waals surface area contributed by atoms with Gasteiger partial charge in [0.1, 0.15) is 0 Å². The maximum absolute atomic E-state index is 10.6. The number of nitrogens with two attached hydrogens (primary N) is 1. The van der Waals surface area contributed by atoms with Gasteiger partial charge in [0.2, 0.25) is 0 Å². The SMILES string of the molecule is C=CCSSNC(=O)NC(N)=O. The molecular formula is C5H9N3O2S2. The number of carbonyl (C=O) groups is 2. The van der Waals surface area contributed by atoms with Crippen LogP contribution in [0.25, 0.3) is 0 Å². The molecule has 0 unspecified atom stereocenters. The molecule has 5 nitrogen and oxygen atoms in total. The molecule has 0 heterocycles. The highest BCUT2D eigenvalue weighted by Gasteiger charge is 2.01. The summed E-state index contributed by atoms with van der Waals surface area (Å²) in [6.45, 7) is 3.49. The first-order valence-electron chi connectivity index (χ1n) is 2.92. The van der Waals surface area contributed by atoms with E-state index in [9.17, 15) is 9.59 Å². The van der Waals surface area contributed by atoms with Gasteiger partial charge < -0.3 is 5.73 Å². The number of rotatable bonds is 4. The zero-order valence-electron chi connectivity index (χ0n) is 6.20. The van der Waals surface area contributed by atoms with Crippen LogP contribution in [-0.2, 0) is 0 Å². The standard InChI is InChI=1S/C5H9N3O2S2/c1-2-3-11-12-8-5(10)7-4(6)9/h2H,1,3H2,(H4,6,7,8,9,10). The number of amides is 4. The summed E-state index contributed by atoms with van der Waals surface area (Å²) in [5.41, 5.74) is 4.68. The van der Waals surface area contributed by atoms with E-state index >= 15 is 0 Å². The van der Waals surface area contributed by atoms with Crippen molar-refractivity contribution in [2.45, 2.75) is 0 Å². The van der Waals surface area contributed by atoms with E-state index in [-0.39, 0.29) is 0 Å². The zero-order valence-corrected chi connectivity index (χ0v) is 7.83. The van der Waals surface area contributed by atoms with Crippen molar-refractivity contribution in [3.8, 4) is 0 Å². The number of imide groups is 1. The predicted molar refractivity (Wildman–Crippen MR) is 51.5 cm³/mol. The third-order valence-electron chi connectivity index (χ3n) is 0.616. The quantitative estimate of drug-likeness (QED) is 0.276. The van der Waals surface area contributed by atoms with Crippen molar-refractivity contribution < 1.29 is 9.59 Å². The van der Waals surface area contributed by atoms with E-state index in [1.54, 1.807) is 6.08 Å². The molecule has 0 fully saturated rings. The Bertz CT molecular complexity index is 186. The lowest BCUT2D eigenvalue weighted by Gasteiger charge is -2.00. The number of carbonyl (C=O) groups excluding carboxylic acids is 2. The van der Waals surface area contributed by atoms with Crippen molar-refractivity contribution in [3.63, 3.8) is 0 Å². The molecule has 7 heteroatoms. The summed E-state index contributed by atoms with van der Waals surface area (Å²) in [4.78, 5) is 20.8. The number of urea groups is 2. The van der Waals surface area contributed by atoms with E-state index < -0.39 is 12.1 Å². The Morgan fingerprint density at radius 3 is 2.75 bits per heavy atom. The summed E-state index contributed by atoms with van der Waals surface area (Å²) in [5, 5.41) is 1.85. The molecule has 0 aromatic carbocycles. The first kappa shape index (κ1) is 11.2. The van der Waals surface area contributed by atoms with E-state index in [4.69, 9.17) is 0 Å². The molecule has 0 saturated heterocycles. The van der Waals surface area contributed by atoms with Crippen LogP contribution in [0.1, 0.15) is 0 Å². The fourth-order valence-electron chi connectivity index (χ4n) is 0.287. The minimum Gasteiger partial charge on any atom is -0.351 e. The molecule has 0 atom stereocenters. The van der Waals surface area contributed by atoms with E-state index in [0.29, 0.717) is 5.75 Å². The molecule has 0 aliphatic carbocycles. The third kappa shape index (κ3) is 7.29. The van der Waals surface area contributed by atoms with Gasteiger partial charge in [-0.1, -0.05) is 16.9 Å². The molecule has 0 spiro atoms. The second kappa shape index (κ2) is 6.86. The Morgan fingerprint density at radius 1 is 1.58 bits per heavy atom. The smallest absolute Gasteiger partial charge is 0.333 e. The van der Waals surface area contributed by atoms with Crippen LogP contribution in [0.2, 0.25) is 0 Å². The van der Waals surface area contributed by atoms with Gasteiger partial charge >= 0.3 is 12.1 Å². The molecule has 0 rings (SSSR count). The van der Waals surface area contributed by atoms with Crippen LogP contribution in [-0.4, -0.2) is 17.8 Å². The van der Waals surface area contributed by atoms with Gasteiger partial charge in [-0.2, -0.15) is 0 Å². The highest BCUT2D eigenvalue weighted by molar-refractivity contribution is 8.76. The zero-order chi connectivity index (χ0) is 9.40. The van der Waals surface area contributed by atoms with E-state index in [1.165, 1.54) is 10.8 Å². The largest absolute Gasteiger partial charge is 0.351 e. The van der Waals surface area contributed by atoms with Gasteiger partial charge in [0.15, 0.2) is 0 Å². The van der Waals surface area contributed by atoms with Crippen molar-refractivity contribution in [1.82, 2.24) is 10.0 Å². The fraction of sp³-hybridized carbons (Fsp3) is 0.200. The first-order chi connectivity index (χ1) is 5.66. The topological polar surface area (TPSA) is 84.2 Å². The maximum atomic E-state index is 10.6. The van der Waals surface area contributed by atoms with Crippen LogP contribution in [0, 0.1) is 0 Å². The fourth-order valence-corrected chi connectivity index (χ4v) is 1.53. The second-order valence-corrected chi connectivity index (χ2v) is 3.72. The second-order valence-electron chi connectivity index (χ2n) is 1.58. The van der Waals surface area contributed by atoms with E-state index in [2.05, 4.69) is 17.0 Å². The predicted octanol–water partition coefficient (Wildman–Crippen LogP) is 0.847. The van der Waals surface area contributed by atoms with Crippen molar-refractivity contribution in [2.24, 2.45) is 5.73 Å². The Kier molecular flexibility index (Phi) is 6.39.